The van der Waals surface area contributed by atoms with Gasteiger partial charge in [-0.25, -0.2) is 4.57 Å². The Balaban J connectivity index is 1.89. The molecule has 0 amide bonds. The Morgan fingerprint density at radius 3 is 2.80 bits per heavy atom. The van der Waals surface area contributed by atoms with Crippen molar-refractivity contribution in [3.8, 4) is 11.3 Å². The summed E-state index contributed by atoms with van der Waals surface area (Å²) in [7, 11) is 1.96. The minimum Gasteiger partial charge on any atom is -0.454 e. The Hall–Kier alpha value is -2.68. The van der Waals surface area contributed by atoms with E-state index in [1.807, 2.05) is 62.0 Å². The summed E-state index contributed by atoms with van der Waals surface area (Å²) in [5.41, 5.74) is 6.41. The fourth-order valence-corrected chi connectivity index (χ4v) is 3.33. The van der Waals surface area contributed by atoms with Crippen LogP contribution in [0.2, 0.25) is 0 Å². The topological polar surface area (TPSA) is 29.9 Å². The van der Waals surface area contributed by atoms with Gasteiger partial charge in [0, 0.05) is 31.5 Å². The van der Waals surface area contributed by atoms with Crippen molar-refractivity contribution in [2.24, 2.45) is 13.0 Å². The lowest BCUT2D eigenvalue weighted by Gasteiger charge is -2.08. The lowest BCUT2D eigenvalue weighted by atomic mass is 10.00. The van der Waals surface area contributed by atoms with Crippen LogP contribution in [0.3, 0.4) is 0 Å². The van der Waals surface area contributed by atoms with Crippen LogP contribution in [0.1, 0.15) is 27.7 Å². The molecular formula is C22H23N2O+. The van der Waals surface area contributed by atoms with Gasteiger partial charge in [-0.1, -0.05) is 13.8 Å². The third-order valence-corrected chi connectivity index (χ3v) is 4.44. The Morgan fingerprint density at radius 1 is 1.20 bits per heavy atom. The highest BCUT2D eigenvalue weighted by Gasteiger charge is 2.17. The van der Waals surface area contributed by atoms with Gasteiger partial charge >= 0.3 is 0 Å². The number of nitrogens with zero attached hydrogens (tertiary/aromatic N) is 2. The molecule has 0 aliphatic carbocycles. The molecule has 126 valence electrons. The predicted molar refractivity (Wildman–Crippen MR) is 101 cm³/mol. The third-order valence-electron chi connectivity index (χ3n) is 4.44. The van der Waals surface area contributed by atoms with Crippen molar-refractivity contribution >= 4 is 22.1 Å². The van der Waals surface area contributed by atoms with Gasteiger partial charge in [-0.05, 0) is 55.1 Å². The van der Waals surface area contributed by atoms with Crippen LogP contribution in [0.4, 0.5) is 0 Å². The first kappa shape index (κ1) is 13.6. The average molecular weight is 333 g/mol. The quantitative estimate of drug-likeness (QED) is 0.495. The number of hydrogen-bond acceptors (Lipinski definition) is 2. The van der Waals surface area contributed by atoms with E-state index in [0.29, 0.717) is 5.56 Å². The maximum absolute atomic E-state index is 8.35. The fraction of sp³-hybridized carbons (Fsp3) is 0.273. The second-order valence-electron chi connectivity index (χ2n) is 6.83. The van der Waals surface area contributed by atoms with E-state index < -0.39 is 6.37 Å². The molecular weight excluding hydrogens is 308 g/mol. The molecule has 0 N–H and O–H groups in total. The number of hydrogen-bond donors (Lipinski definition) is 0. The van der Waals surface area contributed by atoms with Crippen LogP contribution in [-0.4, -0.2) is 4.98 Å². The Morgan fingerprint density at radius 2 is 2.04 bits per heavy atom. The number of furan rings is 1. The van der Waals surface area contributed by atoms with Gasteiger partial charge in [0.05, 0.1) is 0 Å². The summed E-state index contributed by atoms with van der Waals surface area (Å²) in [5.74, 6) is -0.0928. The van der Waals surface area contributed by atoms with Gasteiger partial charge in [0.15, 0.2) is 11.8 Å². The molecule has 0 saturated carbocycles. The molecule has 3 aromatic heterocycles. The Bertz CT molecular complexity index is 1160. The molecule has 0 aliphatic rings. The summed E-state index contributed by atoms with van der Waals surface area (Å²) in [4.78, 5) is 4.47. The number of aryl methyl sites for hydroxylation is 2. The highest BCUT2D eigenvalue weighted by Crippen LogP contribution is 2.32. The van der Waals surface area contributed by atoms with E-state index in [9.17, 15) is 0 Å². The van der Waals surface area contributed by atoms with Gasteiger partial charge in [-0.2, -0.15) is 0 Å². The van der Waals surface area contributed by atoms with E-state index in [1.165, 1.54) is 0 Å². The van der Waals surface area contributed by atoms with Gasteiger partial charge in [-0.3, -0.25) is 4.98 Å². The molecule has 25 heavy (non-hydrogen) atoms. The van der Waals surface area contributed by atoms with Crippen molar-refractivity contribution in [1.29, 1.82) is 0 Å². The molecule has 0 spiro atoms. The zero-order chi connectivity index (χ0) is 19.3. The molecule has 3 nitrogen and oxygen atoms in total. The predicted octanol–water partition coefficient (Wildman–Crippen LogP) is 4.98. The largest absolute Gasteiger partial charge is 0.454 e. The standard InChI is InChI=1S/C22H23N2O/c1-14(2)10-16-7-8-19(24(4)13-16)17-12-18-21(11-15(17)3)25-20-6-5-9-23-22(18)20/h5-9,11-14H,10H2,1-4H3/q+1/i10D2. The smallest absolute Gasteiger partial charge is 0.212 e. The molecule has 1 aromatic carbocycles. The Kier molecular flexibility index (Phi) is 3.26. The molecule has 4 aromatic rings. The van der Waals surface area contributed by atoms with E-state index in [-0.39, 0.29) is 5.92 Å². The zero-order valence-corrected chi connectivity index (χ0v) is 15.0. The van der Waals surface area contributed by atoms with Crippen LogP contribution in [0.25, 0.3) is 33.3 Å². The maximum atomic E-state index is 8.35. The van der Waals surface area contributed by atoms with Gasteiger partial charge in [0.2, 0.25) is 5.69 Å². The summed E-state index contributed by atoms with van der Waals surface area (Å²) >= 11 is 0. The van der Waals surface area contributed by atoms with Crippen LogP contribution < -0.4 is 4.57 Å². The lowest BCUT2D eigenvalue weighted by molar-refractivity contribution is -0.660. The monoisotopic (exact) mass is 333 g/mol. The normalized spacial score (nSPS) is 13.5. The summed E-state index contributed by atoms with van der Waals surface area (Å²) in [6.07, 6.45) is 2.31. The van der Waals surface area contributed by atoms with Gasteiger partial charge in [0.1, 0.15) is 18.1 Å². The van der Waals surface area contributed by atoms with Crippen molar-refractivity contribution in [3.05, 3.63) is 59.9 Å². The highest BCUT2D eigenvalue weighted by atomic mass is 16.3. The lowest BCUT2D eigenvalue weighted by Crippen LogP contribution is -2.31. The maximum Gasteiger partial charge on any atom is 0.212 e. The van der Waals surface area contributed by atoms with E-state index in [4.69, 9.17) is 7.16 Å². The first-order valence-corrected chi connectivity index (χ1v) is 8.57. The third kappa shape index (κ3) is 2.80. The molecule has 0 unspecified atom stereocenters. The second kappa shape index (κ2) is 5.99. The number of pyridine rings is 2. The van der Waals surface area contributed by atoms with E-state index in [0.717, 1.165) is 38.9 Å². The molecule has 0 bridgehead atoms. The average Bonchev–Trinajstić information content (AvgIpc) is 2.98. The number of fused-ring (bicyclic) bond motifs is 3. The van der Waals surface area contributed by atoms with Crippen LogP contribution in [0.15, 0.2) is 53.2 Å². The van der Waals surface area contributed by atoms with Gasteiger partial charge < -0.3 is 4.42 Å². The van der Waals surface area contributed by atoms with Crippen molar-refractivity contribution in [2.45, 2.75) is 27.1 Å². The summed E-state index contributed by atoms with van der Waals surface area (Å²) in [6, 6.07) is 11.9. The molecule has 0 radical (unpaired) electrons. The fourth-order valence-electron chi connectivity index (χ4n) is 3.33. The first-order chi connectivity index (χ1) is 12.8. The van der Waals surface area contributed by atoms with E-state index in [2.05, 4.69) is 18.0 Å². The number of benzene rings is 1. The number of aromatic nitrogens is 2. The van der Waals surface area contributed by atoms with Crippen LogP contribution in [0, 0.1) is 12.8 Å². The van der Waals surface area contributed by atoms with Crippen LogP contribution in [-0.2, 0) is 13.4 Å². The second-order valence-corrected chi connectivity index (χ2v) is 6.83. The van der Waals surface area contributed by atoms with Gasteiger partial charge in [-0.15, -0.1) is 0 Å². The number of rotatable bonds is 3. The minimum atomic E-state index is -1.36. The van der Waals surface area contributed by atoms with Crippen LogP contribution >= 0.6 is 0 Å². The highest BCUT2D eigenvalue weighted by molar-refractivity contribution is 6.04. The Labute approximate surface area is 150 Å². The van der Waals surface area contributed by atoms with E-state index >= 15 is 0 Å². The van der Waals surface area contributed by atoms with Crippen molar-refractivity contribution in [3.63, 3.8) is 0 Å². The molecule has 3 heterocycles. The van der Waals surface area contributed by atoms with E-state index in [1.54, 1.807) is 6.20 Å². The zero-order valence-electron chi connectivity index (χ0n) is 17.0. The molecule has 0 atom stereocenters. The molecule has 0 fully saturated rings. The first-order valence-electron chi connectivity index (χ1n) is 9.57. The summed E-state index contributed by atoms with van der Waals surface area (Å²) in [6.45, 7) is 5.88. The van der Waals surface area contributed by atoms with Gasteiger partial charge in [0.25, 0.3) is 0 Å². The molecule has 3 heteroatoms. The van der Waals surface area contributed by atoms with Crippen LogP contribution in [0.5, 0.6) is 0 Å². The molecule has 0 aliphatic heterocycles. The molecule has 4 rings (SSSR count). The van der Waals surface area contributed by atoms with Crippen molar-refractivity contribution in [1.82, 2.24) is 4.98 Å². The minimum absolute atomic E-state index is 0.0928. The summed E-state index contributed by atoms with van der Waals surface area (Å²) in [5, 5.41) is 0.993. The summed E-state index contributed by atoms with van der Waals surface area (Å²) < 4.78 is 24.6. The SMILES string of the molecule is [2H]C([2H])(c1ccc(-c2cc3c(cc2C)oc2cccnc23)[n+](C)c1)C(C)C. The molecule has 0 saturated heterocycles. The van der Waals surface area contributed by atoms with Crippen molar-refractivity contribution < 1.29 is 11.7 Å². The van der Waals surface area contributed by atoms with Crippen molar-refractivity contribution in [2.75, 3.05) is 0 Å².